The van der Waals surface area contributed by atoms with Crippen molar-refractivity contribution in [2.24, 2.45) is 5.73 Å². The van der Waals surface area contributed by atoms with Crippen molar-refractivity contribution in [3.05, 3.63) is 24.0 Å². The van der Waals surface area contributed by atoms with Gasteiger partial charge in [-0.25, -0.2) is 8.42 Å². The van der Waals surface area contributed by atoms with Crippen LogP contribution in [0, 0.1) is 0 Å². The SMILES string of the molecule is CC(CN)c1ccn(S(C)(=O)=O)c1. The Hall–Kier alpha value is -0.810. The van der Waals surface area contributed by atoms with Gasteiger partial charge >= 0.3 is 0 Å². The van der Waals surface area contributed by atoms with Crippen molar-refractivity contribution in [2.75, 3.05) is 12.8 Å². The van der Waals surface area contributed by atoms with Gasteiger partial charge in [-0.15, -0.1) is 0 Å². The highest BCUT2D eigenvalue weighted by Gasteiger charge is 2.09. The third kappa shape index (κ3) is 2.32. The maximum absolute atomic E-state index is 11.1. The maximum atomic E-state index is 11.1. The Morgan fingerprint density at radius 1 is 1.62 bits per heavy atom. The van der Waals surface area contributed by atoms with E-state index >= 15 is 0 Å². The molecule has 0 bridgehead atoms. The Kier molecular flexibility index (Phi) is 2.77. The lowest BCUT2D eigenvalue weighted by Gasteiger charge is -2.04. The molecule has 1 aromatic heterocycles. The van der Waals surface area contributed by atoms with E-state index in [4.69, 9.17) is 5.73 Å². The minimum Gasteiger partial charge on any atom is -0.330 e. The molecule has 1 aromatic rings. The van der Waals surface area contributed by atoms with Gasteiger partial charge in [0.2, 0.25) is 10.0 Å². The van der Waals surface area contributed by atoms with Gasteiger partial charge in [0.25, 0.3) is 0 Å². The smallest absolute Gasteiger partial charge is 0.235 e. The Morgan fingerprint density at radius 2 is 2.23 bits per heavy atom. The molecule has 1 heterocycles. The summed E-state index contributed by atoms with van der Waals surface area (Å²) in [5.41, 5.74) is 6.42. The van der Waals surface area contributed by atoms with Crippen LogP contribution < -0.4 is 5.73 Å². The highest BCUT2D eigenvalue weighted by atomic mass is 32.2. The molecular weight excluding hydrogens is 188 g/mol. The maximum Gasteiger partial charge on any atom is 0.235 e. The Morgan fingerprint density at radius 3 is 2.62 bits per heavy atom. The molecule has 5 heteroatoms. The van der Waals surface area contributed by atoms with Crippen molar-refractivity contribution in [3.63, 3.8) is 0 Å². The molecule has 0 amide bonds. The lowest BCUT2D eigenvalue weighted by Crippen LogP contribution is -2.09. The lowest BCUT2D eigenvalue weighted by molar-refractivity contribution is 0.593. The van der Waals surface area contributed by atoms with E-state index in [1.165, 1.54) is 16.4 Å². The van der Waals surface area contributed by atoms with Crippen LogP contribution in [0.15, 0.2) is 18.5 Å². The number of hydrogen-bond donors (Lipinski definition) is 1. The zero-order valence-corrected chi connectivity index (χ0v) is 8.58. The second kappa shape index (κ2) is 3.51. The number of aromatic nitrogens is 1. The lowest BCUT2D eigenvalue weighted by atomic mass is 10.1. The molecule has 1 rings (SSSR count). The summed E-state index contributed by atoms with van der Waals surface area (Å²) in [6, 6.07) is 1.78. The van der Waals surface area contributed by atoms with E-state index in [0.717, 1.165) is 5.56 Å². The van der Waals surface area contributed by atoms with Crippen LogP contribution in [0.1, 0.15) is 18.4 Å². The van der Waals surface area contributed by atoms with E-state index in [2.05, 4.69) is 0 Å². The van der Waals surface area contributed by atoms with Crippen LogP contribution in [-0.4, -0.2) is 25.2 Å². The minimum atomic E-state index is -3.15. The van der Waals surface area contributed by atoms with Gasteiger partial charge in [-0.2, -0.15) is 0 Å². The van der Waals surface area contributed by atoms with Crippen LogP contribution in [0.2, 0.25) is 0 Å². The highest BCUT2D eigenvalue weighted by Crippen LogP contribution is 2.14. The van der Waals surface area contributed by atoms with Crippen LogP contribution in [0.4, 0.5) is 0 Å². The minimum absolute atomic E-state index is 0.197. The normalized spacial score (nSPS) is 14.4. The van der Waals surface area contributed by atoms with Gasteiger partial charge in [0, 0.05) is 12.4 Å². The molecule has 1 atom stereocenters. The van der Waals surface area contributed by atoms with E-state index in [-0.39, 0.29) is 5.92 Å². The number of rotatable bonds is 3. The fraction of sp³-hybridized carbons (Fsp3) is 0.500. The molecule has 0 radical (unpaired) electrons. The third-order valence-corrected chi connectivity index (χ3v) is 2.99. The van der Waals surface area contributed by atoms with Crippen LogP contribution in [0.5, 0.6) is 0 Å². The van der Waals surface area contributed by atoms with Crippen LogP contribution >= 0.6 is 0 Å². The van der Waals surface area contributed by atoms with Crippen molar-refractivity contribution >= 4 is 10.0 Å². The summed E-state index contributed by atoms with van der Waals surface area (Å²) in [6.45, 7) is 2.48. The van der Waals surface area contributed by atoms with Gasteiger partial charge < -0.3 is 5.73 Å². The van der Waals surface area contributed by atoms with Gasteiger partial charge in [0.15, 0.2) is 0 Å². The van der Waals surface area contributed by atoms with Crippen molar-refractivity contribution < 1.29 is 8.42 Å². The van der Waals surface area contributed by atoms with E-state index in [0.29, 0.717) is 6.54 Å². The summed E-state index contributed by atoms with van der Waals surface area (Å²) in [5, 5.41) is 0. The van der Waals surface area contributed by atoms with Gasteiger partial charge in [-0.1, -0.05) is 6.92 Å². The fourth-order valence-electron chi connectivity index (χ4n) is 1.03. The summed E-state index contributed by atoms with van der Waals surface area (Å²) < 4.78 is 23.4. The van der Waals surface area contributed by atoms with Gasteiger partial charge in [0.05, 0.1) is 6.26 Å². The summed E-state index contributed by atoms with van der Waals surface area (Å²) in [5.74, 6) is 0.197. The predicted molar refractivity (Wildman–Crippen MR) is 52.1 cm³/mol. The van der Waals surface area contributed by atoms with E-state index in [1.807, 2.05) is 6.92 Å². The molecule has 2 N–H and O–H groups in total. The molecule has 1 unspecified atom stereocenters. The molecule has 0 aromatic carbocycles. The molecule has 0 aliphatic carbocycles. The van der Waals surface area contributed by atoms with E-state index < -0.39 is 10.0 Å². The van der Waals surface area contributed by atoms with Crippen LogP contribution in [-0.2, 0) is 10.0 Å². The van der Waals surface area contributed by atoms with Gasteiger partial charge in [0.1, 0.15) is 0 Å². The van der Waals surface area contributed by atoms with Crippen LogP contribution in [0.25, 0.3) is 0 Å². The quantitative estimate of drug-likeness (QED) is 0.769. The Labute approximate surface area is 78.4 Å². The van der Waals surface area contributed by atoms with E-state index in [9.17, 15) is 8.42 Å². The molecule has 0 aliphatic rings. The molecule has 0 spiro atoms. The van der Waals surface area contributed by atoms with Crippen molar-refractivity contribution in [1.29, 1.82) is 0 Å². The Bertz CT molecular complexity index is 381. The molecule has 74 valence electrons. The van der Waals surface area contributed by atoms with Gasteiger partial charge in [-0.05, 0) is 24.1 Å². The second-order valence-electron chi connectivity index (χ2n) is 3.17. The Balaban J connectivity index is 3.00. The van der Waals surface area contributed by atoms with E-state index in [1.54, 1.807) is 12.3 Å². The second-order valence-corrected chi connectivity index (χ2v) is 5.06. The fourth-order valence-corrected chi connectivity index (χ4v) is 1.62. The number of hydrogen-bond acceptors (Lipinski definition) is 3. The summed E-state index contributed by atoms with van der Waals surface area (Å²) >= 11 is 0. The van der Waals surface area contributed by atoms with Gasteiger partial charge in [-0.3, -0.25) is 3.97 Å². The van der Waals surface area contributed by atoms with Crippen molar-refractivity contribution in [3.8, 4) is 0 Å². The first-order valence-corrected chi connectivity index (χ1v) is 5.88. The first-order valence-electron chi connectivity index (χ1n) is 4.03. The molecule has 0 aliphatic heterocycles. The molecule has 0 fully saturated rings. The molecule has 0 saturated carbocycles. The molecule has 4 nitrogen and oxygen atoms in total. The monoisotopic (exact) mass is 202 g/mol. The number of nitrogens with two attached hydrogens (primary N) is 1. The topological polar surface area (TPSA) is 65.1 Å². The largest absolute Gasteiger partial charge is 0.330 e. The average Bonchev–Trinajstić information content (AvgIpc) is 2.50. The molecule has 0 saturated heterocycles. The summed E-state index contributed by atoms with van der Waals surface area (Å²) in [6.07, 6.45) is 4.31. The summed E-state index contributed by atoms with van der Waals surface area (Å²) in [4.78, 5) is 0. The highest BCUT2D eigenvalue weighted by molar-refractivity contribution is 7.89. The van der Waals surface area contributed by atoms with Crippen molar-refractivity contribution in [2.45, 2.75) is 12.8 Å². The predicted octanol–water partition coefficient (Wildman–Crippen LogP) is 0.358. The average molecular weight is 202 g/mol. The van der Waals surface area contributed by atoms with Crippen molar-refractivity contribution in [1.82, 2.24) is 3.97 Å². The molecular formula is C8H14N2O2S. The third-order valence-electron chi connectivity index (χ3n) is 2.00. The zero-order valence-electron chi connectivity index (χ0n) is 7.77. The first kappa shape index (κ1) is 10.3. The number of nitrogens with zero attached hydrogens (tertiary/aromatic N) is 1. The summed E-state index contributed by atoms with van der Waals surface area (Å²) in [7, 11) is -3.15. The zero-order chi connectivity index (χ0) is 10.1. The standard InChI is InChI=1S/C8H14N2O2S/c1-7(5-9)8-3-4-10(6-8)13(2,11)12/h3-4,6-7H,5,9H2,1-2H3. The molecule has 13 heavy (non-hydrogen) atoms. The first-order chi connectivity index (χ1) is 5.95. The van der Waals surface area contributed by atoms with Crippen LogP contribution in [0.3, 0.4) is 0 Å².